The van der Waals surface area contributed by atoms with Crippen molar-refractivity contribution in [3.8, 4) is 0 Å². The molecule has 2 aromatic rings. The van der Waals surface area contributed by atoms with Crippen LogP contribution in [0.25, 0.3) is 0 Å². The van der Waals surface area contributed by atoms with Gasteiger partial charge in [0.2, 0.25) is 11.9 Å². The largest absolute Gasteiger partial charge is 0.328 e. The summed E-state index contributed by atoms with van der Waals surface area (Å²) >= 11 is 0. The third-order valence-corrected chi connectivity index (χ3v) is 5.89. The molecule has 2 fully saturated rings. The van der Waals surface area contributed by atoms with Gasteiger partial charge in [-0.1, -0.05) is 26.0 Å². The number of fused-ring (bicyclic) bond motifs is 2. The van der Waals surface area contributed by atoms with Crippen molar-refractivity contribution in [3.05, 3.63) is 53.1 Å². The molecule has 0 bridgehead atoms. The van der Waals surface area contributed by atoms with Gasteiger partial charge in [-0.25, -0.2) is 23.1 Å². The van der Waals surface area contributed by atoms with Gasteiger partial charge in [0.05, 0.1) is 17.8 Å². The molecule has 5 rings (SSSR count). The maximum Gasteiger partial charge on any atom is 0.260 e. The van der Waals surface area contributed by atoms with Crippen molar-refractivity contribution < 1.29 is 24.2 Å². The van der Waals surface area contributed by atoms with Crippen LogP contribution in [0.4, 0.5) is 19.1 Å². The van der Waals surface area contributed by atoms with Crippen molar-refractivity contribution in [2.45, 2.75) is 50.4 Å². The average Bonchev–Trinajstić information content (AvgIpc) is 3.66. The summed E-state index contributed by atoms with van der Waals surface area (Å²) in [5.41, 5.74) is 0.186. The van der Waals surface area contributed by atoms with E-state index in [4.69, 9.17) is 0 Å². The number of halogens is 3. The van der Waals surface area contributed by atoms with Gasteiger partial charge in [0.15, 0.2) is 5.82 Å². The second-order valence-corrected chi connectivity index (χ2v) is 7.98. The number of hydrogen-bond donors (Lipinski definition) is 1. The fraction of sp³-hybridized carbons (Fsp3) is 0.455. The van der Waals surface area contributed by atoms with Crippen LogP contribution in [0.1, 0.15) is 61.9 Å². The van der Waals surface area contributed by atoms with E-state index in [0.717, 1.165) is 35.7 Å². The van der Waals surface area contributed by atoms with Gasteiger partial charge in [-0.05, 0) is 36.0 Å². The molecule has 0 radical (unpaired) electrons. The summed E-state index contributed by atoms with van der Waals surface area (Å²) in [7, 11) is 0. The maximum atomic E-state index is 14.4. The number of hydrogen-bond acceptors (Lipinski definition) is 4. The van der Waals surface area contributed by atoms with E-state index in [1.165, 1.54) is 0 Å². The van der Waals surface area contributed by atoms with E-state index in [1.807, 2.05) is 19.9 Å². The molecule has 6 nitrogen and oxygen atoms in total. The zero-order chi connectivity index (χ0) is 22.4. The van der Waals surface area contributed by atoms with E-state index >= 15 is 0 Å². The van der Waals surface area contributed by atoms with Crippen LogP contribution >= 0.6 is 0 Å². The number of aromatic nitrogens is 2. The minimum Gasteiger partial charge on any atom is -0.328 e. The number of amides is 2. The van der Waals surface area contributed by atoms with Crippen LogP contribution in [0.5, 0.6) is 0 Å². The highest BCUT2D eigenvalue weighted by Crippen LogP contribution is 2.64. The molecule has 1 aromatic heterocycles. The van der Waals surface area contributed by atoms with Gasteiger partial charge >= 0.3 is 0 Å². The highest BCUT2D eigenvalue weighted by atomic mass is 19.3. The molecule has 166 valence electrons. The van der Waals surface area contributed by atoms with E-state index in [1.54, 1.807) is 12.1 Å². The number of anilines is 1. The lowest BCUT2D eigenvalue weighted by atomic mass is 9.84. The third-order valence-electron chi connectivity index (χ3n) is 5.89. The first kappa shape index (κ1) is 21.3. The fourth-order valence-electron chi connectivity index (χ4n) is 4.11. The first-order valence-corrected chi connectivity index (χ1v) is 10.4. The number of benzene rings is 1. The highest BCUT2D eigenvalue weighted by molar-refractivity contribution is 6.01. The molecule has 2 aliphatic carbocycles. The lowest BCUT2D eigenvalue weighted by molar-refractivity contribution is -0.117. The van der Waals surface area contributed by atoms with E-state index in [2.05, 4.69) is 15.3 Å². The number of nitrogens with one attached hydrogen (secondary N) is 1. The Kier molecular flexibility index (Phi) is 5.23. The molecule has 1 aromatic carbocycles. The van der Waals surface area contributed by atoms with Crippen molar-refractivity contribution in [1.82, 2.24) is 14.9 Å². The van der Waals surface area contributed by atoms with E-state index in [9.17, 15) is 22.8 Å². The zero-order valence-corrected chi connectivity index (χ0v) is 17.3. The molecule has 0 saturated heterocycles. The molecule has 2 amide bonds. The second kappa shape index (κ2) is 7.62. The van der Waals surface area contributed by atoms with Crippen LogP contribution in [0, 0.1) is 5.82 Å². The third kappa shape index (κ3) is 3.77. The Morgan fingerprint density at radius 1 is 1.26 bits per heavy atom. The smallest absolute Gasteiger partial charge is 0.260 e. The van der Waals surface area contributed by atoms with Crippen molar-refractivity contribution >= 4 is 17.8 Å². The normalized spacial score (nSPS) is 23.0. The van der Waals surface area contributed by atoms with Gasteiger partial charge in [-0.2, -0.15) is 0 Å². The summed E-state index contributed by atoms with van der Waals surface area (Å²) in [6.45, 7) is 3.36. The van der Waals surface area contributed by atoms with Crippen LogP contribution in [-0.4, -0.2) is 45.7 Å². The monoisotopic (exact) mass is 434 g/mol. The Hall–Kier alpha value is -2.97. The van der Waals surface area contributed by atoms with Gasteiger partial charge in [0.1, 0.15) is 6.54 Å². The van der Waals surface area contributed by atoms with Gasteiger partial charge < -0.3 is 4.90 Å². The summed E-state index contributed by atoms with van der Waals surface area (Å²) < 4.78 is 41.7. The molecular formula is C22H25F3N4O2. The topological polar surface area (TPSA) is 75.2 Å². The van der Waals surface area contributed by atoms with Crippen molar-refractivity contribution in [1.29, 1.82) is 0 Å². The van der Waals surface area contributed by atoms with Crippen LogP contribution in [-0.2, 0) is 10.2 Å². The molecule has 2 heterocycles. The standard InChI is InChI=1S/C20H17F3N4O2.C2H6.H2/c21-13-6-24-18(25-7-13)26-16(28)8-27-10-19(9-20(19,22)23)15-5-12(11-1-2-11)3-4-14(15)17(27)29;1-2;/h3-7,11H,1-2,8-10H2,(H,24,25,26,28);1-2H3;1H. The SMILES string of the molecule is CC.O=C(CN1CC2(CC2(F)F)c2cc(C3CC3)ccc2C1=O)Nc1ncc(F)cn1.[HH]. The Bertz CT molecular complexity index is 1030. The molecule has 31 heavy (non-hydrogen) atoms. The summed E-state index contributed by atoms with van der Waals surface area (Å²) in [5.74, 6) is -4.40. The molecule has 1 unspecified atom stereocenters. The van der Waals surface area contributed by atoms with Gasteiger partial charge in [0.25, 0.3) is 11.8 Å². The molecular weight excluding hydrogens is 409 g/mol. The molecule has 1 aliphatic heterocycles. The molecule has 2 saturated carbocycles. The number of nitrogens with zero attached hydrogens (tertiary/aromatic N) is 3. The first-order valence-electron chi connectivity index (χ1n) is 10.4. The zero-order valence-electron chi connectivity index (χ0n) is 17.3. The van der Waals surface area contributed by atoms with E-state index in [0.29, 0.717) is 11.5 Å². The number of carbonyl (C=O) groups excluding carboxylic acids is 2. The van der Waals surface area contributed by atoms with Gasteiger partial charge in [0, 0.05) is 20.0 Å². The lowest BCUT2D eigenvalue weighted by Gasteiger charge is -2.34. The Labute approximate surface area is 179 Å². The molecule has 3 aliphatic rings. The van der Waals surface area contributed by atoms with Gasteiger partial charge in [-0.3, -0.25) is 14.9 Å². The van der Waals surface area contributed by atoms with Crippen molar-refractivity contribution in [2.75, 3.05) is 18.4 Å². The summed E-state index contributed by atoms with van der Waals surface area (Å²) in [5, 5.41) is 2.35. The Balaban J connectivity index is 0.000000938. The summed E-state index contributed by atoms with van der Waals surface area (Å²) in [6.07, 6.45) is 3.51. The summed E-state index contributed by atoms with van der Waals surface area (Å²) in [4.78, 5) is 33.6. The molecule has 1 atom stereocenters. The predicted octanol–water partition coefficient (Wildman–Crippen LogP) is 4.14. The Morgan fingerprint density at radius 2 is 1.90 bits per heavy atom. The molecule has 1 N–H and O–H groups in total. The van der Waals surface area contributed by atoms with Gasteiger partial charge in [-0.15, -0.1) is 0 Å². The predicted molar refractivity (Wildman–Crippen MR) is 110 cm³/mol. The van der Waals surface area contributed by atoms with E-state index < -0.39 is 35.5 Å². The van der Waals surface area contributed by atoms with Crippen LogP contribution in [0.15, 0.2) is 30.6 Å². The second-order valence-electron chi connectivity index (χ2n) is 7.98. The number of rotatable bonds is 4. The van der Waals surface area contributed by atoms with Crippen LogP contribution in [0.2, 0.25) is 0 Å². The van der Waals surface area contributed by atoms with Crippen molar-refractivity contribution in [2.24, 2.45) is 0 Å². The first-order chi connectivity index (χ1) is 14.8. The van der Waals surface area contributed by atoms with E-state index in [-0.39, 0.29) is 25.9 Å². The van der Waals surface area contributed by atoms with Crippen LogP contribution in [0.3, 0.4) is 0 Å². The average molecular weight is 434 g/mol. The van der Waals surface area contributed by atoms with Crippen LogP contribution < -0.4 is 5.32 Å². The highest BCUT2D eigenvalue weighted by Gasteiger charge is 2.74. The lowest BCUT2D eigenvalue weighted by Crippen LogP contribution is -2.48. The minimum absolute atomic E-state index is 0. The Morgan fingerprint density at radius 3 is 2.48 bits per heavy atom. The number of carbonyl (C=O) groups is 2. The van der Waals surface area contributed by atoms with Crippen molar-refractivity contribution in [3.63, 3.8) is 0 Å². The fourth-order valence-corrected chi connectivity index (χ4v) is 4.11. The molecule has 1 spiro atoms. The molecule has 9 heteroatoms. The minimum atomic E-state index is -2.92. The quantitative estimate of drug-likeness (QED) is 0.785. The number of alkyl halides is 2. The summed E-state index contributed by atoms with van der Waals surface area (Å²) in [6, 6.07) is 5.18. The maximum absolute atomic E-state index is 14.4.